The van der Waals surface area contributed by atoms with Crippen LogP contribution < -0.4 is 0 Å². The second kappa shape index (κ2) is 6.27. The molecule has 3 heteroatoms. The van der Waals surface area contributed by atoms with Crippen LogP contribution in [0.4, 0.5) is 0 Å². The van der Waals surface area contributed by atoms with Crippen LogP contribution in [0.1, 0.15) is 46.5 Å². The summed E-state index contributed by atoms with van der Waals surface area (Å²) in [6.07, 6.45) is 4.29. The van der Waals surface area contributed by atoms with E-state index in [2.05, 4.69) is 38.3 Å². The number of hydrogen-bond donors (Lipinski definition) is 2. The van der Waals surface area contributed by atoms with E-state index in [1.165, 1.54) is 0 Å². The summed E-state index contributed by atoms with van der Waals surface area (Å²) >= 11 is 4.36. The van der Waals surface area contributed by atoms with Gasteiger partial charge in [0, 0.05) is 12.6 Å². The van der Waals surface area contributed by atoms with Crippen LogP contribution in [0.2, 0.25) is 0 Å². The first-order chi connectivity index (χ1) is 7.51. The van der Waals surface area contributed by atoms with Crippen LogP contribution in [0.3, 0.4) is 0 Å². The summed E-state index contributed by atoms with van der Waals surface area (Å²) in [6.45, 7) is 8.92. The number of aliphatic hydroxyl groups is 1. The third-order valence-corrected chi connectivity index (χ3v) is 4.14. The Labute approximate surface area is 106 Å². The molecular formula is C13H27NOS. The minimum Gasteiger partial charge on any atom is -0.392 e. The van der Waals surface area contributed by atoms with E-state index in [1.807, 2.05) is 0 Å². The van der Waals surface area contributed by atoms with Crippen LogP contribution in [-0.4, -0.2) is 41.0 Å². The van der Waals surface area contributed by atoms with E-state index >= 15 is 0 Å². The van der Waals surface area contributed by atoms with Crippen LogP contribution in [-0.2, 0) is 0 Å². The topological polar surface area (TPSA) is 23.5 Å². The fourth-order valence-electron chi connectivity index (χ4n) is 3.03. The molecule has 2 nitrogen and oxygen atoms in total. The Morgan fingerprint density at radius 2 is 2.19 bits per heavy atom. The molecular weight excluding hydrogens is 218 g/mol. The zero-order valence-corrected chi connectivity index (χ0v) is 11.8. The van der Waals surface area contributed by atoms with Gasteiger partial charge in [0.05, 0.1) is 6.10 Å². The minimum atomic E-state index is -0.116. The molecule has 0 saturated carbocycles. The van der Waals surface area contributed by atoms with Crippen molar-refractivity contribution in [3.8, 4) is 0 Å². The number of likely N-dealkylation sites (tertiary alicyclic amines) is 1. The van der Waals surface area contributed by atoms with Crippen LogP contribution in [0, 0.1) is 5.41 Å². The van der Waals surface area contributed by atoms with Crippen LogP contribution in [0.5, 0.6) is 0 Å². The van der Waals surface area contributed by atoms with Crippen molar-refractivity contribution in [3.63, 3.8) is 0 Å². The van der Waals surface area contributed by atoms with Crippen LogP contribution in [0.25, 0.3) is 0 Å². The highest BCUT2D eigenvalue weighted by Crippen LogP contribution is 2.33. The maximum atomic E-state index is 9.76. The molecule has 2 atom stereocenters. The van der Waals surface area contributed by atoms with Crippen molar-refractivity contribution in [2.45, 2.75) is 58.6 Å². The molecule has 0 aromatic heterocycles. The number of hydrogen-bond acceptors (Lipinski definition) is 3. The predicted octanol–water partition coefficient (Wildman–Crippen LogP) is 2.57. The Kier molecular flexibility index (Phi) is 5.62. The lowest BCUT2D eigenvalue weighted by atomic mass is 9.79. The maximum Gasteiger partial charge on any atom is 0.0667 e. The lowest BCUT2D eigenvalue weighted by Gasteiger charge is -2.44. The first kappa shape index (κ1) is 14.3. The van der Waals surface area contributed by atoms with Gasteiger partial charge in [-0.2, -0.15) is 12.6 Å². The largest absolute Gasteiger partial charge is 0.392 e. The zero-order valence-electron chi connectivity index (χ0n) is 10.9. The molecule has 0 spiro atoms. The summed E-state index contributed by atoms with van der Waals surface area (Å²) in [4.78, 5) is 2.48. The van der Waals surface area contributed by atoms with Gasteiger partial charge in [-0.15, -0.1) is 0 Å². The van der Waals surface area contributed by atoms with Crippen LogP contribution >= 0.6 is 12.6 Å². The maximum absolute atomic E-state index is 9.76. The quantitative estimate of drug-likeness (QED) is 0.727. The van der Waals surface area contributed by atoms with Gasteiger partial charge in [-0.25, -0.2) is 0 Å². The van der Waals surface area contributed by atoms with Crippen molar-refractivity contribution in [1.29, 1.82) is 0 Å². The number of thiol groups is 1. The van der Waals surface area contributed by atoms with Gasteiger partial charge in [-0.1, -0.05) is 20.8 Å². The van der Waals surface area contributed by atoms with Gasteiger partial charge in [0.2, 0.25) is 0 Å². The van der Waals surface area contributed by atoms with Crippen molar-refractivity contribution >= 4 is 12.6 Å². The third kappa shape index (κ3) is 3.64. The molecule has 1 N–H and O–H groups in total. The third-order valence-electron chi connectivity index (χ3n) is 3.91. The SMILES string of the molecule is CCC(N1CCCC(O)C1)C(C)(C)CCS. The molecule has 1 heterocycles. The van der Waals surface area contributed by atoms with Gasteiger partial charge in [0.25, 0.3) is 0 Å². The number of piperidine rings is 1. The average molecular weight is 245 g/mol. The smallest absolute Gasteiger partial charge is 0.0667 e. The van der Waals surface area contributed by atoms with Gasteiger partial charge < -0.3 is 5.11 Å². The summed E-state index contributed by atoms with van der Waals surface area (Å²) in [5.41, 5.74) is 0.299. The Balaban J connectivity index is 2.64. The molecule has 96 valence electrons. The normalized spacial score (nSPS) is 25.7. The molecule has 1 aliphatic heterocycles. The fraction of sp³-hybridized carbons (Fsp3) is 1.00. The van der Waals surface area contributed by atoms with E-state index in [0.29, 0.717) is 11.5 Å². The second-order valence-corrected chi connectivity index (χ2v) is 6.12. The van der Waals surface area contributed by atoms with Crippen molar-refractivity contribution in [2.75, 3.05) is 18.8 Å². The first-order valence-electron chi connectivity index (χ1n) is 6.54. The second-order valence-electron chi connectivity index (χ2n) is 5.68. The molecule has 0 bridgehead atoms. The van der Waals surface area contributed by atoms with E-state index in [4.69, 9.17) is 0 Å². The zero-order chi connectivity index (χ0) is 12.2. The van der Waals surface area contributed by atoms with Gasteiger partial charge in [0.1, 0.15) is 0 Å². The molecule has 0 aromatic carbocycles. The highest BCUT2D eigenvalue weighted by molar-refractivity contribution is 7.80. The average Bonchev–Trinajstić information content (AvgIpc) is 2.18. The lowest BCUT2D eigenvalue weighted by Crippen LogP contribution is -2.50. The van der Waals surface area contributed by atoms with Crippen molar-refractivity contribution < 1.29 is 5.11 Å². The number of nitrogens with zero attached hydrogens (tertiary/aromatic N) is 1. The number of aliphatic hydroxyl groups excluding tert-OH is 1. The standard InChI is InChI=1S/C13H27NOS/c1-4-12(13(2,3)7-9-16)14-8-5-6-11(15)10-14/h11-12,15-16H,4-10H2,1-3H3. The van der Waals surface area contributed by atoms with Gasteiger partial charge in [-0.05, 0) is 43.4 Å². The molecule has 1 rings (SSSR count). The summed E-state index contributed by atoms with van der Waals surface area (Å²) in [7, 11) is 0. The Morgan fingerprint density at radius 1 is 1.50 bits per heavy atom. The Morgan fingerprint density at radius 3 is 2.69 bits per heavy atom. The van der Waals surface area contributed by atoms with Crippen molar-refractivity contribution in [1.82, 2.24) is 4.90 Å². The number of β-amino-alcohol motifs (C(OH)–C–C–N with tert-alkyl or cyclic N) is 1. The predicted molar refractivity (Wildman–Crippen MR) is 73.1 cm³/mol. The molecule has 1 saturated heterocycles. The lowest BCUT2D eigenvalue weighted by molar-refractivity contribution is 0.00573. The monoisotopic (exact) mass is 245 g/mol. The molecule has 0 aliphatic carbocycles. The van der Waals surface area contributed by atoms with E-state index in [0.717, 1.165) is 44.5 Å². The van der Waals surface area contributed by atoms with Crippen molar-refractivity contribution in [2.24, 2.45) is 5.41 Å². The fourth-order valence-corrected chi connectivity index (χ4v) is 3.60. The molecule has 16 heavy (non-hydrogen) atoms. The van der Waals surface area contributed by atoms with Crippen LogP contribution in [0.15, 0.2) is 0 Å². The van der Waals surface area contributed by atoms with Crippen molar-refractivity contribution in [3.05, 3.63) is 0 Å². The Bertz CT molecular complexity index is 208. The van der Waals surface area contributed by atoms with Gasteiger partial charge in [-0.3, -0.25) is 4.90 Å². The summed E-state index contributed by atoms with van der Waals surface area (Å²) in [5, 5.41) is 9.76. The van der Waals surface area contributed by atoms with Gasteiger partial charge in [0.15, 0.2) is 0 Å². The Hall–Kier alpha value is 0.270. The minimum absolute atomic E-state index is 0.116. The molecule has 0 amide bonds. The highest BCUT2D eigenvalue weighted by Gasteiger charge is 2.34. The number of rotatable bonds is 5. The highest BCUT2D eigenvalue weighted by atomic mass is 32.1. The first-order valence-corrected chi connectivity index (χ1v) is 7.17. The molecule has 2 unspecified atom stereocenters. The molecule has 1 fully saturated rings. The molecule has 0 aromatic rings. The summed E-state index contributed by atoms with van der Waals surface area (Å²) < 4.78 is 0. The summed E-state index contributed by atoms with van der Waals surface area (Å²) in [6, 6.07) is 0.578. The van der Waals surface area contributed by atoms with E-state index in [1.54, 1.807) is 0 Å². The molecule has 1 aliphatic rings. The van der Waals surface area contributed by atoms with E-state index in [-0.39, 0.29) is 6.10 Å². The molecule has 0 radical (unpaired) electrons. The van der Waals surface area contributed by atoms with E-state index < -0.39 is 0 Å². The summed E-state index contributed by atoms with van der Waals surface area (Å²) in [5.74, 6) is 0.944. The van der Waals surface area contributed by atoms with E-state index in [9.17, 15) is 5.11 Å². The van der Waals surface area contributed by atoms with Gasteiger partial charge >= 0.3 is 0 Å².